The van der Waals surface area contributed by atoms with Crippen LogP contribution in [0, 0.1) is 0 Å². The van der Waals surface area contributed by atoms with Gasteiger partial charge in [-0.15, -0.1) is 0 Å². The second-order valence-corrected chi connectivity index (χ2v) is 7.57. The van der Waals surface area contributed by atoms with Gasteiger partial charge in [0, 0.05) is 39.6 Å². The predicted molar refractivity (Wildman–Crippen MR) is 70.6 cm³/mol. The summed E-state index contributed by atoms with van der Waals surface area (Å²) in [6.45, 7) is 2.99. The average molecular weight is 268 g/mol. The van der Waals surface area contributed by atoms with E-state index in [4.69, 9.17) is 0 Å². The number of aromatic nitrogens is 2. The molecule has 1 N–H and O–H groups in total. The maximum Gasteiger partial charge on any atom is 0.0949 e. The lowest BCUT2D eigenvalue weighted by Gasteiger charge is -2.35. The summed E-state index contributed by atoms with van der Waals surface area (Å²) >= 11 is 0. The summed E-state index contributed by atoms with van der Waals surface area (Å²) in [5.41, 5.74) is 0.107. The Hall–Kier alpha value is -0.680. The van der Waals surface area contributed by atoms with Crippen LogP contribution in [0.25, 0.3) is 0 Å². The lowest BCUT2D eigenvalue weighted by molar-refractivity contribution is 0.0184. The van der Waals surface area contributed by atoms with Crippen molar-refractivity contribution in [3.63, 3.8) is 0 Å². The first-order valence-electron chi connectivity index (χ1n) is 6.77. The molecule has 2 saturated heterocycles. The number of aliphatic hydroxyl groups is 1. The lowest BCUT2D eigenvalue weighted by Crippen LogP contribution is -2.40. The minimum absolute atomic E-state index is 0.184. The molecule has 0 aromatic carbocycles. The van der Waals surface area contributed by atoms with Crippen molar-refractivity contribution >= 4 is 10.8 Å². The molecule has 0 spiro atoms. The molecule has 4 nitrogen and oxygen atoms in total. The quantitative estimate of drug-likeness (QED) is 0.905. The maximum atomic E-state index is 12.0. The van der Waals surface area contributed by atoms with E-state index >= 15 is 0 Å². The molecule has 2 fully saturated rings. The van der Waals surface area contributed by atoms with E-state index in [1.54, 1.807) is 6.20 Å². The van der Waals surface area contributed by atoms with E-state index < -0.39 is 16.4 Å². The zero-order valence-corrected chi connectivity index (χ0v) is 11.5. The number of aryl methyl sites for hydroxylation is 1. The normalized spacial score (nSPS) is 39.1. The van der Waals surface area contributed by atoms with Crippen LogP contribution in [0.5, 0.6) is 0 Å². The molecule has 2 unspecified atom stereocenters. The van der Waals surface area contributed by atoms with Gasteiger partial charge < -0.3 is 5.11 Å². The first-order chi connectivity index (χ1) is 8.62. The monoisotopic (exact) mass is 268 g/mol. The molecule has 5 heteroatoms. The molecule has 2 bridgehead atoms. The van der Waals surface area contributed by atoms with Crippen molar-refractivity contribution < 1.29 is 9.32 Å². The number of hydrogen-bond acceptors (Lipinski definition) is 3. The van der Waals surface area contributed by atoms with Crippen molar-refractivity contribution in [1.82, 2.24) is 9.78 Å². The molecule has 2 atom stereocenters. The number of fused-ring (bicyclic) bond motifs is 2. The van der Waals surface area contributed by atoms with Crippen LogP contribution in [0.4, 0.5) is 0 Å². The molecule has 18 heavy (non-hydrogen) atoms. The number of hydrogen-bond donors (Lipinski definition) is 1. The number of rotatable bonds is 3. The molecule has 2 aliphatic rings. The van der Waals surface area contributed by atoms with E-state index in [9.17, 15) is 9.32 Å². The molecular formula is C13H20N2O2S. The third-order valence-corrected chi connectivity index (χ3v) is 6.34. The van der Waals surface area contributed by atoms with Gasteiger partial charge in [-0.1, -0.05) is 6.92 Å². The molecule has 0 aliphatic carbocycles. The van der Waals surface area contributed by atoms with Gasteiger partial charge in [0.1, 0.15) is 0 Å². The van der Waals surface area contributed by atoms with Crippen molar-refractivity contribution in [2.45, 2.75) is 61.7 Å². The highest BCUT2D eigenvalue weighted by atomic mass is 32.2. The van der Waals surface area contributed by atoms with Crippen LogP contribution >= 0.6 is 0 Å². The second-order valence-electron chi connectivity index (χ2n) is 5.58. The van der Waals surface area contributed by atoms with Crippen molar-refractivity contribution in [2.75, 3.05) is 0 Å². The molecule has 0 saturated carbocycles. The standard InChI is InChI=1S/C13H20N2O2S/c1-2-5-15-9-10(8-14-15)13(16)6-11-3-4-12(7-13)18(11)17/h8-9,11-12,16H,2-7H2,1H3. The summed E-state index contributed by atoms with van der Waals surface area (Å²) in [6.07, 6.45) is 8.04. The Labute approximate surface area is 110 Å². The summed E-state index contributed by atoms with van der Waals surface area (Å²) in [5, 5.41) is 15.5. The Bertz CT molecular complexity index is 455. The van der Waals surface area contributed by atoms with Crippen LogP contribution in [-0.2, 0) is 22.9 Å². The summed E-state index contributed by atoms with van der Waals surface area (Å²) in [5.74, 6) is 0. The molecule has 0 amide bonds. The van der Waals surface area contributed by atoms with Gasteiger partial charge in [-0.05, 0) is 32.1 Å². The SMILES string of the molecule is CCCn1cc(C2(O)CC3CCC(C2)S3=O)cn1. The summed E-state index contributed by atoms with van der Waals surface area (Å²) in [4.78, 5) is 0. The van der Waals surface area contributed by atoms with Gasteiger partial charge in [0.15, 0.2) is 0 Å². The molecule has 2 aliphatic heterocycles. The van der Waals surface area contributed by atoms with Gasteiger partial charge in [-0.2, -0.15) is 5.10 Å². The summed E-state index contributed by atoms with van der Waals surface area (Å²) in [6, 6.07) is 0. The first-order valence-corrected chi connectivity index (χ1v) is 8.05. The molecular weight excluding hydrogens is 248 g/mol. The Morgan fingerprint density at radius 1 is 1.50 bits per heavy atom. The molecule has 0 radical (unpaired) electrons. The highest BCUT2D eigenvalue weighted by Gasteiger charge is 2.48. The van der Waals surface area contributed by atoms with Gasteiger partial charge in [-0.3, -0.25) is 8.89 Å². The Kier molecular flexibility index (Phi) is 3.06. The fourth-order valence-electron chi connectivity index (χ4n) is 3.27. The maximum absolute atomic E-state index is 12.0. The molecule has 100 valence electrons. The van der Waals surface area contributed by atoms with E-state index in [1.807, 2.05) is 10.9 Å². The molecule has 3 heterocycles. The average Bonchev–Trinajstić information content (AvgIpc) is 2.87. The summed E-state index contributed by atoms with van der Waals surface area (Å²) in [7, 11) is -0.723. The smallest absolute Gasteiger partial charge is 0.0949 e. The van der Waals surface area contributed by atoms with Gasteiger partial charge >= 0.3 is 0 Å². The minimum Gasteiger partial charge on any atom is -0.385 e. The van der Waals surface area contributed by atoms with Crippen LogP contribution in [0.1, 0.15) is 44.6 Å². The van der Waals surface area contributed by atoms with Crippen LogP contribution < -0.4 is 0 Å². The van der Waals surface area contributed by atoms with E-state index in [1.165, 1.54) is 0 Å². The topological polar surface area (TPSA) is 55.1 Å². The fraction of sp³-hybridized carbons (Fsp3) is 0.769. The van der Waals surface area contributed by atoms with Crippen LogP contribution in [0.2, 0.25) is 0 Å². The van der Waals surface area contributed by atoms with Gasteiger partial charge in [0.25, 0.3) is 0 Å². The van der Waals surface area contributed by atoms with Gasteiger partial charge in [-0.25, -0.2) is 0 Å². The highest BCUT2D eigenvalue weighted by molar-refractivity contribution is 7.86. The summed E-state index contributed by atoms with van der Waals surface area (Å²) < 4.78 is 13.9. The van der Waals surface area contributed by atoms with E-state index in [0.717, 1.165) is 31.4 Å². The van der Waals surface area contributed by atoms with E-state index in [-0.39, 0.29) is 10.5 Å². The van der Waals surface area contributed by atoms with E-state index in [2.05, 4.69) is 12.0 Å². The molecule has 3 rings (SSSR count). The van der Waals surface area contributed by atoms with Crippen LogP contribution in [-0.4, -0.2) is 29.6 Å². The molecule has 1 aromatic rings. The van der Waals surface area contributed by atoms with Crippen molar-refractivity contribution in [3.8, 4) is 0 Å². The lowest BCUT2D eigenvalue weighted by atomic mass is 9.88. The Balaban J connectivity index is 1.84. The zero-order valence-electron chi connectivity index (χ0n) is 10.7. The highest BCUT2D eigenvalue weighted by Crippen LogP contribution is 2.45. The predicted octanol–water partition coefficient (Wildman–Crippen LogP) is 1.55. The van der Waals surface area contributed by atoms with Crippen LogP contribution in [0.3, 0.4) is 0 Å². The largest absolute Gasteiger partial charge is 0.385 e. The van der Waals surface area contributed by atoms with Crippen molar-refractivity contribution in [2.24, 2.45) is 0 Å². The number of nitrogens with zero attached hydrogens (tertiary/aromatic N) is 2. The third-order valence-electron chi connectivity index (χ3n) is 4.22. The fourth-order valence-corrected chi connectivity index (χ4v) is 5.43. The van der Waals surface area contributed by atoms with E-state index in [0.29, 0.717) is 12.8 Å². The first kappa shape index (κ1) is 12.4. The minimum atomic E-state index is -0.800. The van der Waals surface area contributed by atoms with Gasteiger partial charge in [0.2, 0.25) is 0 Å². The van der Waals surface area contributed by atoms with Crippen molar-refractivity contribution in [1.29, 1.82) is 0 Å². The second kappa shape index (κ2) is 4.46. The third kappa shape index (κ3) is 1.93. The van der Waals surface area contributed by atoms with Crippen LogP contribution in [0.15, 0.2) is 12.4 Å². The molecule has 1 aromatic heterocycles. The van der Waals surface area contributed by atoms with Crippen molar-refractivity contribution in [3.05, 3.63) is 18.0 Å². The zero-order chi connectivity index (χ0) is 12.8. The Morgan fingerprint density at radius 2 is 2.17 bits per heavy atom. The Morgan fingerprint density at radius 3 is 2.78 bits per heavy atom. The van der Waals surface area contributed by atoms with Gasteiger partial charge in [0.05, 0.1) is 11.8 Å².